The summed E-state index contributed by atoms with van der Waals surface area (Å²) in [5.41, 5.74) is 8.75. The largest absolute Gasteiger partial charge is 0.507 e. The highest BCUT2D eigenvalue weighted by molar-refractivity contribution is 6.30. The Bertz CT molecular complexity index is 1120. The number of halogens is 2. The number of aromatic hydroxyl groups is 1. The van der Waals surface area contributed by atoms with E-state index in [0.717, 1.165) is 12.8 Å². The van der Waals surface area contributed by atoms with Gasteiger partial charge in [0.1, 0.15) is 18.2 Å². The van der Waals surface area contributed by atoms with Crippen LogP contribution in [0.5, 0.6) is 5.75 Å². The molecule has 0 radical (unpaired) electrons. The summed E-state index contributed by atoms with van der Waals surface area (Å²) in [4.78, 5) is 16.5. The quantitative estimate of drug-likeness (QED) is 0.424. The minimum Gasteiger partial charge on any atom is -0.507 e. The van der Waals surface area contributed by atoms with E-state index in [9.17, 15) is 14.3 Å². The molecule has 1 aliphatic rings. The fourth-order valence-electron chi connectivity index (χ4n) is 3.08. The number of phenols is 1. The minimum absolute atomic E-state index is 0.00412. The van der Waals surface area contributed by atoms with E-state index < -0.39 is 6.67 Å². The zero-order valence-electron chi connectivity index (χ0n) is 16.0. The summed E-state index contributed by atoms with van der Waals surface area (Å²) in [6.07, 6.45) is 1.95. The molecule has 6 nitrogen and oxygen atoms in total. The molecule has 0 bridgehead atoms. The number of rotatable bonds is 6. The van der Waals surface area contributed by atoms with Gasteiger partial charge in [0.25, 0.3) is 5.91 Å². The van der Waals surface area contributed by atoms with Crippen molar-refractivity contribution in [3.05, 3.63) is 64.7 Å². The summed E-state index contributed by atoms with van der Waals surface area (Å²) in [5, 5.41) is 16.8. The first-order valence-corrected chi connectivity index (χ1v) is 9.84. The molecule has 30 heavy (non-hydrogen) atoms. The van der Waals surface area contributed by atoms with Gasteiger partial charge in [-0.15, -0.1) is 0 Å². The van der Waals surface area contributed by atoms with Crippen LogP contribution in [0.3, 0.4) is 0 Å². The lowest BCUT2D eigenvalue weighted by Crippen LogP contribution is -2.26. The second-order valence-electron chi connectivity index (χ2n) is 7.17. The van der Waals surface area contributed by atoms with Crippen LogP contribution in [-0.2, 0) is 6.67 Å². The Labute approximate surface area is 177 Å². The predicted molar refractivity (Wildman–Crippen MR) is 116 cm³/mol. The molecule has 1 aromatic heterocycles. The van der Waals surface area contributed by atoms with Crippen LogP contribution in [0.2, 0.25) is 5.02 Å². The third-order valence-electron chi connectivity index (χ3n) is 4.84. The van der Waals surface area contributed by atoms with Crippen LogP contribution in [0.15, 0.2) is 48.5 Å². The standard InChI is InChI=1S/C22H20ClFN4O2/c23-13-1-6-18(12(9-13)11-24)26-15-4-8-20(29)17(10-15)19-7-5-16(21(25)28-19)22(30)27-14-2-3-14/h1,4-10,14,26,29H,2-3,11H2,(H2,25,28)(H,27,30). The van der Waals surface area contributed by atoms with Crippen LogP contribution >= 0.6 is 11.6 Å². The van der Waals surface area contributed by atoms with Crippen LogP contribution in [0.25, 0.3) is 11.3 Å². The highest BCUT2D eigenvalue weighted by Gasteiger charge is 2.25. The molecule has 1 heterocycles. The van der Waals surface area contributed by atoms with Gasteiger partial charge in [0.2, 0.25) is 0 Å². The van der Waals surface area contributed by atoms with E-state index in [1.165, 1.54) is 6.07 Å². The normalized spacial score (nSPS) is 13.1. The first-order chi connectivity index (χ1) is 14.4. The number of nitrogens with one attached hydrogen (secondary N) is 2. The maximum atomic E-state index is 13.3. The van der Waals surface area contributed by atoms with Crippen molar-refractivity contribution < 1.29 is 14.3 Å². The Morgan fingerprint density at radius 3 is 2.70 bits per heavy atom. The number of aromatic nitrogens is 1. The molecule has 0 spiro atoms. The number of carbonyl (C=O) groups is 1. The monoisotopic (exact) mass is 426 g/mol. The van der Waals surface area contributed by atoms with Crippen LogP contribution in [0.1, 0.15) is 28.8 Å². The lowest BCUT2D eigenvalue weighted by molar-refractivity contribution is 0.0951. The summed E-state index contributed by atoms with van der Waals surface area (Å²) >= 11 is 5.93. The van der Waals surface area contributed by atoms with Gasteiger partial charge in [-0.1, -0.05) is 11.6 Å². The van der Waals surface area contributed by atoms with Gasteiger partial charge in [-0.25, -0.2) is 9.37 Å². The maximum Gasteiger partial charge on any atom is 0.255 e. The number of hydrogen-bond donors (Lipinski definition) is 4. The molecule has 154 valence electrons. The van der Waals surface area contributed by atoms with Crippen LogP contribution in [0, 0.1) is 0 Å². The number of nitrogen functional groups attached to an aromatic ring is 1. The highest BCUT2D eigenvalue weighted by atomic mass is 35.5. The van der Waals surface area contributed by atoms with Gasteiger partial charge in [0.05, 0.1) is 11.3 Å². The third-order valence-corrected chi connectivity index (χ3v) is 5.08. The van der Waals surface area contributed by atoms with E-state index in [1.54, 1.807) is 42.5 Å². The maximum absolute atomic E-state index is 13.3. The number of alkyl halides is 1. The predicted octanol–water partition coefficient (Wildman–Crippen LogP) is 4.80. The van der Waals surface area contributed by atoms with Gasteiger partial charge in [-0.05, 0) is 61.4 Å². The van der Waals surface area contributed by atoms with E-state index in [-0.39, 0.29) is 23.5 Å². The van der Waals surface area contributed by atoms with E-state index in [4.69, 9.17) is 17.3 Å². The van der Waals surface area contributed by atoms with Crippen LogP contribution < -0.4 is 16.4 Å². The second-order valence-corrected chi connectivity index (χ2v) is 7.61. The van der Waals surface area contributed by atoms with E-state index in [2.05, 4.69) is 15.6 Å². The summed E-state index contributed by atoms with van der Waals surface area (Å²) in [7, 11) is 0. The molecule has 3 aromatic rings. The number of nitrogens with zero attached hydrogens (tertiary/aromatic N) is 1. The Morgan fingerprint density at radius 1 is 1.20 bits per heavy atom. The van der Waals surface area contributed by atoms with Crippen LogP contribution in [0.4, 0.5) is 21.6 Å². The zero-order chi connectivity index (χ0) is 21.3. The molecule has 0 saturated heterocycles. The number of hydrogen-bond acceptors (Lipinski definition) is 5. The topological polar surface area (TPSA) is 100 Å². The van der Waals surface area contributed by atoms with Gasteiger partial charge in [-0.3, -0.25) is 4.79 Å². The summed E-state index contributed by atoms with van der Waals surface area (Å²) in [5.74, 6) is -0.166. The molecule has 2 aromatic carbocycles. The van der Waals surface area contributed by atoms with Gasteiger partial charge in [-0.2, -0.15) is 0 Å². The summed E-state index contributed by atoms with van der Waals surface area (Å²) in [6, 6.07) is 13.2. The van der Waals surface area contributed by atoms with E-state index >= 15 is 0 Å². The molecule has 1 aliphatic carbocycles. The van der Waals surface area contributed by atoms with Crippen molar-refractivity contribution in [2.75, 3.05) is 11.1 Å². The van der Waals surface area contributed by atoms with Crippen molar-refractivity contribution in [1.82, 2.24) is 10.3 Å². The number of nitrogens with two attached hydrogens (primary N) is 1. The average Bonchev–Trinajstić information content (AvgIpc) is 3.54. The first kappa shape index (κ1) is 20.0. The molecule has 1 saturated carbocycles. The molecular formula is C22H20ClFN4O2. The van der Waals surface area contributed by atoms with Crippen molar-refractivity contribution in [2.45, 2.75) is 25.6 Å². The Hall–Kier alpha value is -3.32. The van der Waals surface area contributed by atoms with Crippen molar-refractivity contribution in [1.29, 1.82) is 0 Å². The van der Waals surface area contributed by atoms with E-state index in [1.807, 2.05) is 0 Å². The summed E-state index contributed by atoms with van der Waals surface area (Å²) < 4.78 is 13.3. The molecule has 8 heteroatoms. The third kappa shape index (κ3) is 4.31. The Balaban J connectivity index is 1.62. The fourth-order valence-corrected chi connectivity index (χ4v) is 3.27. The number of phenolic OH excluding ortho intramolecular Hbond substituents is 1. The molecule has 0 atom stereocenters. The molecule has 0 aliphatic heterocycles. The van der Waals surface area contributed by atoms with Crippen molar-refractivity contribution in [3.8, 4) is 17.0 Å². The summed E-state index contributed by atoms with van der Waals surface area (Å²) in [6.45, 7) is -0.670. The van der Waals surface area contributed by atoms with Crippen molar-refractivity contribution in [2.24, 2.45) is 0 Å². The Morgan fingerprint density at radius 2 is 2.00 bits per heavy atom. The molecule has 4 rings (SSSR count). The number of benzene rings is 2. The van der Waals surface area contributed by atoms with Gasteiger partial charge >= 0.3 is 0 Å². The van der Waals surface area contributed by atoms with Gasteiger partial charge in [0.15, 0.2) is 0 Å². The average molecular weight is 427 g/mol. The van der Waals surface area contributed by atoms with Gasteiger partial charge < -0.3 is 21.5 Å². The number of anilines is 3. The smallest absolute Gasteiger partial charge is 0.255 e. The number of pyridine rings is 1. The van der Waals surface area contributed by atoms with Gasteiger partial charge in [0, 0.05) is 33.6 Å². The highest BCUT2D eigenvalue weighted by Crippen LogP contribution is 2.34. The lowest BCUT2D eigenvalue weighted by atomic mass is 10.1. The molecule has 5 N–H and O–H groups in total. The second kappa shape index (κ2) is 8.20. The molecule has 1 amide bonds. The molecule has 1 fully saturated rings. The van der Waals surface area contributed by atoms with E-state index in [0.29, 0.717) is 38.8 Å². The molecular weight excluding hydrogens is 407 g/mol. The zero-order valence-corrected chi connectivity index (χ0v) is 16.7. The lowest BCUT2D eigenvalue weighted by Gasteiger charge is -2.13. The fraction of sp³-hybridized carbons (Fsp3) is 0.182. The number of amides is 1. The SMILES string of the molecule is Nc1nc(-c2cc(Nc3ccc(Cl)cc3CF)ccc2O)ccc1C(=O)NC1CC1. The first-order valence-electron chi connectivity index (χ1n) is 9.47. The van der Waals surface area contributed by atoms with Crippen molar-refractivity contribution in [3.63, 3.8) is 0 Å². The minimum atomic E-state index is -0.670. The Kier molecular flexibility index (Phi) is 5.46. The van der Waals surface area contributed by atoms with Crippen LogP contribution in [-0.4, -0.2) is 22.0 Å². The number of carbonyl (C=O) groups excluding carboxylic acids is 1. The van der Waals surface area contributed by atoms with Crippen molar-refractivity contribution >= 4 is 34.7 Å². The molecule has 0 unspecified atom stereocenters.